The molecule has 0 spiro atoms. The minimum Gasteiger partial charge on any atom is -0.440 e. The zero-order chi connectivity index (χ0) is 18.6. The number of nitrogens with one attached hydrogen (secondary N) is 1. The number of carbonyl (C=O) groups is 2. The maximum atomic E-state index is 12.3. The highest BCUT2D eigenvalue weighted by atomic mass is 35.5. The molecule has 1 aliphatic heterocycles. The molecule has 2 amide bonds. The van der Waals surface area contributed by atoms with E-state index in [1.165, 1.54) is 6.07 Å². The molecule has 25 heavy (non-hydrogen) atoms. The topological polar surface area (TPSA) is 58.6 Å². The van der Waals surface area contributed by atoms with Crippen molar-refractivity contribution in [2.75, 3.05) is 25.0 Å². The van der Waals surface area contributed by atoms with Gasteiger partial charge in [-0.2, -0.15) is 13.2 Å². The average molecular weight is 399 g/mol. The number of alkyl halides is 3. The number of hydrogen-bond donors (Lipinski definition) is 1. The van der Waals surface area contributed by atoms with Crippen LogP contribution < -0.4 is 5.32 Å². The summed E-state index contributed by atoms with van der Waals surface area (Å²) in [6, 6.07) is 4.66. The van der Waals surface area contributed by atoms with Crippen molar-refractivity contribution in [1.82, 2.24) is 4.90 Å². The van der Waals surface area contributed by atoms with Crippen LogP contribution in [-0.4, -0.2) is 42.8 Å². The van der Waals surface area contributed by atoms with Gasteiger partial charge in [0.05, 0.1) is 10.7 Å². The summed E-state index contributed by atoms with van der Waals surface area (Å²) in [6.45, 7) is -1.34. The lowest BCUT2D eigenvalue weighted by Gasteiger charge is -2.30. The third kappa shape index (κ3) is 5.97. The van der Waals surface area contributed by atoms with Crippen molar-refractivity contribution >= 4 is 40.9 Å². The van der Waals surface area contributed by atoms with Crippen molar-refractivity contribution in [3.8, 4) is 0 Å². The number of anilines is 1. The smallest absolute Gasteiger partial charge is 0.422 e. The summed E-state index contributed by atoms with van der Waals surface area (Å²) >= 11 is 11.8. The second kappa shape index (κ2) is 8.14. The van der Waals surface area contributed by atoms with E-state index >= 15 is 0 Å². The molecule has 1 N–H and O–H groups in total. The van der Waals surface area contributed by atoms with E-state index in [0.29, 0.717) is 28.6 Å². The Bertz CT molecular complexity index is 647. The molecule has 1 aliphatic rings. The molecule has 0 atom stereocenters. The highest BCUT2D eigenvalue weighted by Gasteiger charge is 2.33. The molecule has 1 aromatic carbocycles. The van der Waals surface area contributed by atoms with E-state index < -0.39 is 18.9 Å². The first kappa shape index (κ1) is 19.7. The fourth-order valence-corrected chi connectivity index (χ4v) is 2.84. The van der Waals surface area contributed by atoms with Crippen molar-refractivity contribution in [3.05, 3.63) is 28.2 Å². The molecule has 0 bridgehead atoms. The van der Waals surface area contributed by atoms with Gasteiger partial charge in [-0.05, 0) is 31.0 Å². The molecular formula is C15H15Cl2F3N2O3. The summed E-state index contributed by atoms with van der Waals surface area (Å²) in [5, 5.41) is 3.42. The first-order valence-corrected chi connectivity index (χ1v) is 8.15. The van der Waals surface area contributed by atoms with Crippen LogP contribution in [-0.2, 0) is 9.53 Å². The summed E-state index contributed by atoms with van der Waals surface area (Å²) in [5.74, 6) is -0.647. The number of nitrogens with zero attached hydrogens (tertiary/aromatic N) is 1. The Labute approximate surface area is 152 Å². The van der Waals surface area contributed by atoms with Crippen molar-refractivity contribution in [3.63, 3.8) is 0 Å². The lowest BCUT2D eigenvalue weighted by Crippen LogP contribution is -2.42. The number of hydrogen-bond acceptors (Lipinski definition) is 3. The Balaban J connectivity index is 1.83. The number of rotatable bonds is 3. The first-order valence-electron chi connectivity index (χ1n) is 7.40. The zero-order valence-corrected chi connectivity index (χ0v) is 14.4. The molecule has 1 aromatic rings. The lowest BCUT2D eigenvalue weighted by molar-refractivity contribution is -0.162. The van der Waals surface area contributed by atoms with Crippen molar-refractivity contribution in [1.29, 1.82) is 0 Å². The van der Waals surface area contributed by atoms with E-state index in [9.17, 15) is 22.8 Å². The quantitative estimate of drug-likeness (QED) is 0.823. The van der Waals surface area contributed by atoms with E-state index in [0.717, 1.165) is 4.90 Å². The number of likely N-dealkylation sites (tertiary alicyclic amines) is 1. The van der Waals surface area contributed by atoms with Crippen LogP contribution in [0.25, 0.3) is 0 Å². The largest absolute Gasteiger partial charge is 0.440 e. The summed E-state index contributed by atoms with van der Waals surface area (Å²) in [7, 11) is 0. The van der Waals surface area contributed by atoms with Crippen LogP contribution in [0.2, 0.25) is 10.0 Å². The third-order valence-electron chi connectivity index (χ3n) is 3.67. The molecule has 138 valence electrons. The fourth-order valence-electron chi connectivity index (χ4n) is 2.38. The fraction of sp³-hybridized carbons (Fsp3) is 0.467. The molecule has 0 unspecified atom stereocenters. The number of ether oxygens (including phenoxy) is 1. The van der Waals surface area contributed by atoms with Crippen LogP contribution in [0.15, 0.2) is 18.2 Å². The Morgan fingerprint density at radius 1 is 1.24 bits per heavy atom. The van der Waals surface area contributed by atoms with Crippen LogP contribution in [0, 0.1) is 5.92 Å². The summed E-state index contributed by atoms with van der Waals surface area (Å²) in [6.07, 6.45) is -4.96. The highest BCUT2D eigenvalue weighted by molar-refractivity contribution is 6.36. The second-order valence-electron chi connectivity index (χ2n) is 5.54. The molecule has 1 heterocycles. The van der Waals surface area contributed by atoms with E-state index in [1.54, 1.807) is 12.1 Å². The summed E-state index contributed by atoms with van der Waals surface area (Å²) in [4.78, 5) is 25.0. The first-order chi connectivity index (χ1) is 11.7. The minimum absolute atomic E-state index is 0.142. The third-order valence-corrected chi connectivity index (χ3v) is 4.22. The van der Waals surface area contributed by atoms with Gasteiger partial charge in [0.15, 0.2) is 6.61 Å². The van der Waals surface area contributed by atoms with Gasteiger partial charge in [-0.1, -0.05) is 23.2 Å². The maximum Gasteiger partial charge on any atom is 0.422 e. The molecule has 0 saturated carbocycles. The molecule has 0 aliphatic carbocycles. The van der Waals surface area contributed by atoms with Gasteiger partial charge in [-0.25, -0.2) is 4.79 Å². The van der Waals surface area contributed by atoms with Gasteiger partial charge in [0, 0.05) is 24.0 Å². The number of piperidine rings is 1. The van der Waals surface area contributed by atoms with E-state index in [-0.39, 0.29) is 24.9 Å². The van der Waals surface area contributed by atoms with Crippen molar-refractivity contribution in [2.24, 2.45) is 5.92 Å². The normalized spacial score (nSPS) is 15.8. The van der Waals surface area contributed by atoms with E-state index in [4.69, 9.17) is 23.2 Å². The molecular weight excluding hydrogens is 384 g/mol. The predicted molar refractivity (Wildman–Crippen MR) is 86.8 cm³/mol. The van der Waals surface area contributed by atoms with Crippen LogP contribution >= 0.6 is 23.2 Å². The zero-order valence-electron chi connectivity index (χ0n) is 12.9. The van der Waals surface area contributed by atoms with Gasteiger partial charge in [0.2, 0.25) is 5.91 Å². The molecule has 10 heteroatoms. The second-order valence-corrected chi connectivity index (χ2v) is 6.39. The van der Waals surface area contributed by atoms with Gasteiger partial charge >= 0.3 is 12.3 Å². The van der Waals surface area contributed by atoms with Crippen molar-refractivity contribution in [2.45, 2.75) is 19.0 Å². The van der Waals surface area contributed by atoms with Gasteiger partial charge in [-0.15, -0.1) is 0 Å². The van der Waals surface area contributed by atoms with E-state index in [2.05, 4.69) is 10.1 Å². The summed E-state index contributed by atoms with van der Waals surface area (Å²) in [5.41, 5.74) is 0.420. The van der Waals surface area contributed by atoms with Crippen LogP contribution in [0.5, 0.6) is 0 Å². The van der Waals surface area contributed by atoms with Gasteiger partial charge < -0.3 is 15.0 Å². The van der Waals surface area contributed by atoms with Crippen LogP contribution in [0.4, 0.5) is 23.7 Å². The van der Waals surface area contributed by atoms with Gasteiger partial charge in [0.25, 0.3) is 0 Å². The Kier molecular flexibility index (Phi) is 6.40. The maximum absolute atomic E-state index is 12.3. The number of benzene rings is 1. The van der Waals surface area contributed by atoms with Crippen LogP contribution in [0.3, 0.4) is 0 Å². The monoisotopic (exact) mass is 398 g/mol. The predicted octanol–water partition coefficient (Wildman–Crippen LogP) is 4.34. The molecule has 0 radical (unpaired) electrons. The Morgan fingerprint density at radius 3 is 2.44 bits per heavy atom. The summed E-state index contributed by atoms with van der Waals surface area (Å²) < 4.78 is 40.3. The molecule has 1 fully saturated rings. The molecule has 2 rings (SSSR count). The highest BCUT2D eigenvalue weighted by Crippen LogP contribution is 2.27. The number of amides is 2. The van der Waals surface area contributed by atoms with Crippen LogP contribution in [0.1, 0.15) is 12.8 Å². The molecule has 0 aromatic heterocycles. The SMILES string of the molecule is O=C(Nc1ccc(Cl)cc1Cl)C1CCN(C(=O)OCC(F)(F)F)CC1. The standard InChI is InChI=1S/C15H15Cl2F3N2O3/c16-10-1-2-12(11(17)7-10)21-13(23)9-3-5-22(6-4-9)14(24)25-8-15(18,19)20/h1-2,7,9H,3-6,8H2,(H,21,23). The Hall–Kier alpha value is -1.67. The molecule has 5 nitrogen and oxygen atoms in total. The number of halogens is 5. The van der Waals surface area contributed by atoms with E-state index in [1.807, 2.05) is 0 Å². The number of carbonyl (C=O) groups excluding carboxylic acids is 2. The average Bonchev–Trinajstić information content (AvgIpc) is 2.54. The van der Waals surface area contributed by atoms with Gasteiger partial charge in [0.1, 0.15) is 0 Å². The Morgan fingerprint density at radius 2 is 1.88 bits per heavy atom. The minimum atomic E-state index is -4.56. The van der Waals surface area contributed by atoms with Gasteiger partial charge in [-0.3, -0.25) is 4.79 Å². The molecule has 1 saturated heterocycles. The lowest BCUT2D eigenvalue weighted by atomic mass is 9.96. The van der Waals surface area contributed by atoms with Crippen molar-refractivity contribution < 1.29 is 27.5 Å².